The Morgan fingerprint density at radius 3 is 0.841 bits per heavy atom. The topological polar surface area (TPSA) is 78.9 Å². The molecule has 0 aliphatic heterocycles. The third-order valence-electron chi connectivity index (χ3n) is 12.4. The van der Waals surface area contributed by atoms with E-state index in [1.807, 2.05) is 0 Å². The molecular formula is C57H106O6. The van der Waals surface area contributed by atoms with Crippen LogP contribution in [0.3, 0.4) is 0 Å². The van der Waals surface area contributed by atoms with Crippen molar-refractivity contribution < 1.29 is 28.6 Å². The summed E-state index contributed by atoms with van der Waals surface area (Å²) in [5.41, 5.74) is 0. The van der Waals surface area contributed by atoms with E-state index >= 15 is 0 Å². The van der Waals surface area contributed by atoms with Crippen LogP contribution in [0.2, 0.25) is 0 Å². The maximum absolute atomic E-state index is 12.8. The second-order valence-corrected chi connectivity index (χ2v) is 18.8. The maximum atomic E-state index is 12.8. The number of allylic oxidation sites excluding steroid dienone is 4. The van der Waals surface area contributed by atoms with Gasteiger partial charge >= 0.3 is 17.9 Å². The summed E-state index contributed by atoms with van der Waals surface area (Å²) in [4.78, 5) is 38.0. The normalized spacial score (nSPS) is 12.1. The lowest BCUT2D eigenvalue weighted by molar-refractivity contribution is -0.167. The second kappa shape index (κ2) is 52.5. The Labute approximate surface area is 392 Å². The van der Waals surface area contributed by atoms with Crippen LogP contribution in [0.5, 0.6) is 0 Å². The highest BCUT2D eigenvalue weighted by atomic mass is 16.6. The second-order valence-electron chi connectivity index (χ2n) is 18.8. The number of carbonyl (C=O) groups excluding carboxylic acids is 3. The Morgan fingerprint density at radius 2 is 0.540 bits per heavy atom. The minimum atomic E-state index is -0.774. The lowest BCUT2D eigenvalue weighted by Gasteiger charge is -2.18. The summed E-state index contributed by atoms with van der Waals surface area (Å²) in [6.07, 6.45) is 60.3. The molecule has 0 aliphatic rings. The monoisotopic (exact) mass is 887 g/mol. The number of rotatable bonds is 51. The lowest BCUT2D eigenvalue weighted by Crippen LogP contribution is -2.30. The molecule has 1 unspecified atom stereocenters. The van der Waals surface area contributed by atoms with Gasteiger partial charge < -0.3 is 14.2 Å². The molecule has 370 valence electrons. The molecule has 0 bridgehead atoms. The molecule has 6 nitrogen and oxygen atoms in total. The van der Waals surface area contributed by atoms with Crippen LogP contribution in [0, 0.1) is 0 Å². The van der Waals surface area contributed by atoms with Gasteiger partial charge in [-0.15, -0.1) is 0 Å². The fourth-order valence-electron chi connectivity index (χ4n) is 8.18. The molecular weight excluding hydrogens is 781 g/mol. The molecule has 0 aromatic carbocycles. The summed E-state index contributed by atoms with van der Waals surface area (Å²) in [5, 5.41) is 0. The summed E-state index contributed by atoms with van der Waals surface area (Å²) in [6.45, 7) is 6.62. The number of hydrogen-bond acceptors (Lipinski definition) is 6. The number of esters is 3. The molecule has 0 saturated heterocycles. The average Bonchev–Trinajstić information content (AvgIpc) is 3.28. The van der Waals surface area contributed by atoms with Gasteiger partial charge in [0.2, 0.25) is 0 Å². The van der Waals surface area contributed by atoms with Gasteiger partial charge in [-0.25, -0.2) is 0 Å². The predicted octanol–water partition coefficient (Wildman–Crippen LogP) is 18.3. The van der Waals surface area contributed by atoms with Crippen molar-refractivity contribution in [1.82, 2.24) is 0 Å². The molecule has 0 aromatic rings. The van der Waals surface area contributed by atoms with Crippen LogP contribution in [0.25, 0.3) is 0 Å². The van der Waals surface area contributed by atoms with Crippen molar-refractivity contribution >= 4 is 17.9 Å². The van der Waals surface area contributed by atoms with E-state index in [9.17, 15) is 14.4 Å². The minimum Gasteiger partial charge on any atom is -0.462 e. The largest absolute Gasteiger partial charge is 0.462 e. The van der Waals surface area contributed by atoms with Crippen LogP contribution in [0.1, 0.15) is 303 Å². The van der Waals surface area contributed by atoms with Crippen LogP contribution in [-0.4, -0.2) is 37.2 Å². The SMILES string of the molecule is CCCC/C=C\CCCCCCC(=O)OCC(COC(=O)CCCCCCC/C=C\CCCCCCCCCCC)OC(=O)CCCCCCCCCCCCCCCCCCC. The number of ether oxygens (including phenoxy) is 3. The first-order valence-electron chi connectivity index (χ1n) is 27.8. The molecule has 0 saturated carbocycles. The van der Waals surface area contributed by atoms with Crippen LogP contribution >= 0.6 is 0 Å². The number of hydrogen-bond donors (Lipinski definition) is 0. The average molecular weight is 887 g/mol. The third kappa shape index (κ3) is 50.7. The molecule has 0 rings (SSSR count). The number of carbonyl (C=O) groups is 3. The van der Waals surface area contributed by atoms with Crippen molar-refractivity contribution in [2.75, 3.05) is 13.2 Å². The van der Waals surface area contributed by atoms with Crippen molar-refractivity contribution in [3.63, 3.8) is 0 Å². The minimum absolute atomic E-state index is 0.0753. The van der Waals surface area contributed by atoms with Gasteiger partial charge in [-0.05, 0) is 64.2 Å². The van der Waals surface area contributed by atoms with E-state index in [0.717, 1.165) is 83.5 Å². The Bertz CT molecular complexity index is 1020. The Morgan fingerprint density at radius 1 is 0.302 bits per heavy atom. The highest BCUT2D eigenvalue weighted by molar-refractivity contribution is 5.71. The summed E-state index contributed by atoms with van der Waals surface area (Å²) in [7, 11) is 0. The molecule has 6 heteroatoms. The van der Waals surface area contributed by atoms with Gasteiger partial charge in [0.1, 0.15) is 13.2 Å². The zero-order valence-corrected chi connectivity index (χ0v) is 42.4. The van der Waals surface area contributed by atoms with Gasteiger partial charge in [0.25, 0.3) is 0 Å². The van der Waals surface area contributed by atoms with Crippen molar-refractivity contribution in [2.24, 2.45) is 0 Å². The first kappa shape index (κ1) is 60.9. The highest BCUT2D eigenvalue weighted by Crippen LogP contribution is 2.16. The zero-order valence-electron chi connectivity index (χ0n) is 42.4. The van der Waals surface area contributed by atoms with E-state index < -0.39 is 6.10 Å². The molecule has 1 atom stereocenters. The fraction of sp³-hybridized carbons (Fsp3) is 0.877. The van der Waals surface area contributed by atoms with E-state index in [-0.39, 0.29) is 31.1 Å². The molecule has 0 radical (unpaired) electrons. The highest BCUT2D eigenvalue weighted by Gasteiger charge is 2.19. The molecule has 0 aromatic heterocycles. The van der Waals surface area contributed by atoms with Crippen molar-refractivity contribution in [1.29, 1.82) is 0 Å². The lowest BCUT2D eigenvalue weighted by atomic mass is 10.0. The number of unbranched alkanes of at least 4 members (excludes halogenated alkanes) is 36. The van der Waals surface area contributed by atoms with Crippen LogP contribution < -0.4 is 0 Å². The zero-order chi connectivity index (χ0) is 45.8. The maximum Gasteiger partial charge on any atom is 0.306 e. The standard InChI is InChI=1S/C57H106O6/c1-4-7-10-13-16-19-22-24-26-28-30-31-33-35-38-41-44-47-50-56(59)62-53-54(52-61-55(58)49-46-43-40-37-21-18-15-12-9-6-3)63-57(60)51-48-45-42-39-36-34-32-29-27-25-23-20-17-14-11-8-5-2/h15,18,30-31,54H,4-14,16-17,19-29,32-53H2,1-3H3/b18-15-,31-30-. The van der Waals surface area contributed by atoms with Crippen molar-refractivity contribution in [2.45, 2.75) is 309 Å². The molecule has 0 aliphatic carbocycles. The van der Waals surface area contributed by atoms with Gasteiger partial charge in [-0.2, -0.15) is 0 Å². The quantitative estimate of drug-likeness (QED) is 0.0262. The summed E-state index contributed by atoms with van der Waals surface area (Å²) < 4.78 is 16.8. The van der Waals surface area contributed by atoms with Gasteiger partial charge in [0.15, 0.2) is 6.10 Å². The third-order valence-corrected chi connectivity index (χ3v) is 12.4. The molecule has 0 N–H and O–H groups in total. The molecule has 0 spiro atoms. The van der Waals surface area contributed by atoms with Crippen molar-refractivity contribution in [3.8, 4) is 0 Å². The van der Waals surface area contributed by atoms with Crippen molar-refractivity contribution in [3.05, 3.63) is 24.3 Å². The molecule has 0 heterocycles. The van der Waals surface area contributed by atoms with E-state index in [0.29, 0.717) is 19.3 Å². The van der Waals surface area contributed by atoms with E-state index in [1.54, 1.807) is 0 Å². The van der Waals surface area contributed by atoms with Gasteiger partial charge in [-0.1, -0.05) is 244 Å². The van der Waals surface area contributed by atoms with Crippen LogP contribution in [0.4, 0.5) is 0 Å². The van der Waals surface area contributed by atoms with Gasteiger partial charge in [0.05, 0.1) is 0 Å². The van der Waals surface area contributed by atoms with Crippen LogP contribution in [0.15, 0.2) is 24.3 Å². The summed E-state index contributed by atoms with van der Waals surface area (Å²) in [6, 6.07) is 0. The molecule has 63 heavy (non-hydrogen) atoms. The first-order chi connectivity index (χ1) is 31.0. The molecule has 0 amide bonds. The van der Waals surface area contributed by atoms with Gasteiger partial charge in [-0.3, -0.25) is 14.4 Å². The Balaban J connectivity index is 4.29. The Hall–Kier alpha value is -2.11. The Kier molecular flexibility index (Phi) is 50.8. The fourth-order valence-corrected chi connectivity index (χ4v) is 8.18. The van der Waals surface area contributed by atoms with E-state index in [1.165, 1.54) is 180 Å². The molecule has 0 fully saturated rings. The van der Waals surface area contributed by atoms with E-state index in [4.69, 9.17) is 14.2 Å². The summed E-state index contributed by atoms with van der Waals surface area (Å²) in [5.74, 6) is -0.880. The predicted molar refractivity (Wildman–Crippen MR) is 270 cm³/mol. The first-order valence-corrected chi connectivity index (χ1v) is 27.8. The smallest absolute Gasteiger partial charge is 0.306 e. The summed E-state index contributed by atoms with van der Waals surface area (Å²) >= 11 is 0. The van der Waals surface area contributed by atoms with Crippen LogP contribution in [-0.2, 0) is 28.6 Å². The van der Waals surface area contributed by atoms with E-state index in [2.05, 4.69) is 45.1 Å². The van der Waals surface area contributed by atoms with Gasteiger partial charge in [0, 0.05) is 19.3 Å².